The van der Waals surface area contributed by atoms with Crippen LogP contribution < -0.4 is 4.74 Å². The summed E-state index contributed by atoms with van der Waals surface area (Å²) in [6.07, 6.45) is 19.4. The second-order valence-electron chi connectivity index (χ2n) is 11.8. The Morgan fingerprint density at radius 3 is 1.78 bits per heavy atom. The molecule has 0 unspecified atom stereocenters. The van der Waals surface area contributed by atoms with Gasteiger partial charge in [0, 0.05) is 6.54 Å². The van der Waals surface area contributed by atoms with Crippen molar-refractivity contribution in [3.63, 3.8) is 0 Å². The van der Waals surface area contributed by atoms with Crippen molar-refractivity contribution in [3.05, 3.63) is 59.9 Å². The first-order valence-corrected chi connectivity index (χ1v) is 15.2. The van der Waals surface area contributed by atoms with E-state index in [4.69, 9.17) is 9.72 Å². The van der Waals surface area contributed by atoms with Crippen molar-refractivity contribution in [1.29, 1.82) is 0 Å². The van der Waals surface area contributed by atoms with Crippen molar-refractivity contribution in [2.75, 3.05) is 0 Å². The van der Waals surface area contributed by atoms with E-state index < -0.39 is 0 Å². The fourth-order valence-electron chi connectivity index (χ4n) is 5.15. The van der Waals surface area contributed by atoms with E-state index in [0.717, 1.165) is 23.6 Å². The van der Waals surface area contributed by atoms with E-state index in [2.05, 4.69) is 80.8 Å². The van der Waals surface area contributed by atoms with Crippen molar-refractivity contribution >= 4 is 11.0 Å². The molecular formula is C34H52N2O. The van der Waals surface area contributed by atoms with E-state index >= 15 is 0 Å². The van der Waals surface area contributed by atoms with Crippen molar-refractivity contribution in [2.45, 2.75) is 136 Å². The molecule has 0 amide bonds. The van der Waals surface area contributed by atoms with Crippen LogP contribution in [0.4, 0.5) is 0 Å². The summed E-state index contributed by atoms with van der Waals surface area (Å²) in [4.78, 5) is 4.91. The summed E-state index contributed by atoms with van der Waals surface area (Å²) >= 11 is 0. The highest BCUT2D eigenvalue weighted by atomic mass is 16.5. The highest BCUT2D eigenvalue weighted by molar-refractivity contribution is 5.75. The lowest BCUT2D eigenvalue weighted by Crippen LogP contribution is -2.11. The molecule has 2 aromatic carbocycles. The summed E-state index contributed by atoms with van der Waals surface area (Å²) in [6, 6.07) is 17.0. The highest BCUT2D eigenvalue weighted by Gasteiger charge is 2.14. The molecule has 0 atom stereocenters. The molecule has 0 N–H and O–H groups in total. The zero-order chi connectivity index (χ0) is 26.3. The molecule has 37 heavy (non-hydrogen) atoms. The first-order valence-electron chi connectivity index (χ1n) is 15.2. The number of imidazole rings is 1. The number of fused-ring (bicyclic) bond motifs is 1. The summed E-state index contributed by atoms with van der Waals surface area (Å²) in [7, 11) is 0. The molecule has 3 rings (SSSR count). The lowest BCUT2D eigenvalue weighted by Gasteiger charge is -2.19. The van der Waals surface area contributed by atoms with Gasteiger partial charge in [-0.2, -0.15) is 0 Å². The normalized spacial score (nSPS) is 11.9. The lowest BCUT2D eigenvalue weighted by atomic mass is 9.87. The van der Waals surface area contributed by atoms with Crippen LogP contribution in [0.25, 0.3) is 11.0 Å². The van der Waals surface area contributed by atoms with Gasteiger partial charge in [0.15, 0.2) is 0 Å². The van der Waals surface area contributed by atoms with Crippen LogP contribution in [0, 0.1) is 0 Å². The fraction of sp³-hybridized carbons (Fsp3) is 0.618. The average molecular weight is 505 g/mol. The SMILES string of the molecule is CCCCCCCCCCCCCCCCn1c(COc2ccc(C(C)(C)C)cc2)nc2ccccc21. The number of unbranched alkanes of at least 4 members (excludes halogenated alkanes) is 13. The van der Waals surface area contributed by atoms with E-state index in [1.54, 1.807) is 0 Å². The number of para-hydroxylation sites is 2. The molecule has 0 spiro atoms. The van der Waals surface area contributed by atoms with Crippen molar-refractivity contribution in [3.8, 4) is 5.75 Å². The predicted molar refractivity (Wildman–Crippen MR) is 160 cm³/mol. The average Bonchev–Trinajstić information content (AvgIpc) is 3.25. The summed E-state index contributed by atoms with van der Waals surface area (Å²) in [6.45, 7) is 10.5. The Balaban J connectivity index is 1.37. The number of aromatic nitrogens is 2. The third-order valence-electron chi connectivity index (χ3n) is 7.56. The second kappa shape index (κ2) is 15.8. The first-order chi connectivity index (χ1) is 18.0. The van der Waals surface area contributed by atoms with Crippen LogP contribution in [-0.4, -0.2) is 9.55 Å². The monoisotopic (exact) mass is 504 g/mol. The van der Waals surface area contributed by atoms with Gasteiger partial charge in [-0.25, -0.2) is 4.98 Å². The maximum atomic E-state index is 6.17. The molecule has 204 valence electrons. The summed E-state index contributed by atoms with van der Waals surface area (Å²) in [5, 5.41) is 0. The van der Waals surface area contributed by atoms with Gasteiger partial charge in [0.25, 0.3) is 0 Å². The van der Waals surface area contributed by atoms with Crippen LogP contribution >= 0.6 is 0 Å². The molecule has 3 heteroatoms. The van der Waals surface area contributed by atoms with Gasteiger partial charge in [-0.3, -0.25) is 0 Å². The molecule has 0 aliphatic rings. The number of hydrogen-bond donors (Lipinski definition) is 0. The standard InChI is InChI=1S/C34H52N2O/c1-5-6-7-8-9-10-11-12-13-14-15-16-17-20-27-36-32-22-19-18-21-31(32)35-33(36)28-37-30-25-23-29(24-26-30)34(2,3)4/h18-19,21-26H,5-17,20,27-28H2,1-4H3. The zero-order valence-electron chi connectivity index (χ0n) is 24.2. The Labute approximate surface area is 227 Å². The van der Waals surface area contributed by atoms with Gasteiger partial charge in [-0.15, -0.1) is 0 Å². The third-order valence-corrected chi connectivity index (χ3v) is 7.56. The molecule has 3 nitrogen and oxygen atoms in total. The Hall–Kier alpha value is -2.29. The van der Waals surface area contributed by atoms with Crippen molar-refractivity contribution in [2.24, 2.45) is 0 Å². The maximum absolute atomic E-state index is 6.17. The summed E-state index contributed by atoms with van der Waals surface area (Å²) in [5.74, 6) is 1.93. The van der Waals surface area contributed by atoms with Gasteiger partial charge >= 0.3 is 0 Å². The minimum absolute atomic E-state index is 0.153. The zero-order valence-corrected chi connectivity index (χ0v) is 24.2. The van der Waals surface area contributed by atoms with Crippen LogP contribution in [0.1, 0.15) is 129 Å². The van der Waals surface area contributed by atoms with Crippen LogP contribution in [0.3, 0.4) is 0 Å². The molecule has 3 aromatic rings. The first kappa shape index (κ1) is 29.3. The molecule has 0 radical (unpaired) electrons. The van der Waals surface area contributed by atoms with Gasteiger partial charge in [0.05, 0.1) is 11.0 Å². The molecule has 0 saturated heterocycles. The minimum atomic E-state index is 0.153. The fourth-order valence-corrected chi connectivity index (χ4v) is 5.15. The highest BCUT2D eigenvalue weighted by Crippen LogP contribution is 2.25. The number of aryl methyl sites for hydroxylation is 1. The minimum Gasteiger partial charge on any atom is -0.486 e. The van der Waals surface area contributed by atoms with E-state index in [1.807, 2.05) is 0 Å². The predicted octanol–water partition coefficient (Wildman–Crippen LogP) is 10.4. The molecule has 1 heterocycles. The van der Waals surface area contributed by atoms with E-state index in [9.17, 15) is 0 Å². The number of benzene rings is 2. The van der Waals surface area contributed by atoms with Crippen molar-refractivity contribution < 1.29 is 4.74 Å². The van der Waals surface area contributed by atoms with Crippen LogP contribution in [-0.2, 0) is 18.6 Å². The van der Waals surface area contributed by atoms with Crippen molar-refractivity contribution in [1.82, 2.24) is 9.55 Å². The van der Waals surface area contributed by atoms with E-state index in [-0.39, 0.29) is 5.41 Å². The summed E-state index contributed by atoms with van der Waals surface area (Å²) < 4.78 is 8.54. The third kappa shape index (κ3) is 10.2. The number of hydrogen-bond acceptors (Lipinski definition) is 2. The van der Waals surface area contributed by atoms with E-state index in [0.29, 0.717) is 6.61 Å². The lowest BCUT2D eigenvalue weighted by molar-refractivity contribution is 0.289. The molecular weight excluding hydrogens is 452 g/mol. The van der Waals surface area contributed by atoms with Gasteiger partial charge in [0.1, 0.15) is 18.2 Å². The van der Waals surface area contributed by atoms with E-state index in [1.165, 1.54) is 101 Å². The Morgan fingerprint density at radius 2 is 1.22 bits per heavy atom. The quantitative estimate of drug-likeness (QED) is 0.161. The van der Waals surface area contributed by atoms with Crippen LogP contribution in [0.5, 0.6) is 5.75 Å². The molecule has 0 fully saturated rings. The number of nitrogens with zero attached hydrogens (tertiary/aromatic N) is 2. The largest absolute Gasteiger partial charge is 0.486 e. The van der Waals surface area contributed by atoms with Gasteiger partial charge < -0.3 is 9.30 Å². The van der Waals surface area contributed by atoms with Gasteiger partial charge in [-0.1, -0.05) is 135 Å². The van der Waals surface area contributed by atoms with Gasteiger partial charge in [0.2, 0.25) is 0 Å². The topological polar surface area (TPSA) is 27.1 Å². The molecule has 1 aromatic heterocycles. The van der Waals surface area contributed by atoms with Crippen LogP contribution in [0.15, 0.2) is 48.5 Å². The number of ether oxygens (including phenoxy) is 1. The molecule has 0 saturated carbocycles. The maximum Gasteiger partial charge on any atom is 0.147 e. The number of rotatable bonds is 18. The molecule has 0 bridgehead atoms. The Morgan fingerprint density at radius 1 is 0.676 bits per heavy atom. The van der Waals surface area contributed by atoms with Gasteiger partial charge in [-0.05, 0) is 41.7 Å². The Bertz CT molecular complexity index is 1010. The second-order valence-corrected chi connectivity index (χ2v) is 11.8. The van der Waals surface area contributed by atoms with Crippen LogP contribution in [0.2, 0.25) is 0 Å². The molecule has 0 aliphatic carbocycles. The Kier molecular flexibility index (Phi) is 12.5. The molecule has 0 aliphatic heterocycles. The summed E-state index contributed by atoms with van der Waals surface area (Å²) in [5.41, 5.74) is 3.76. The smallest absolute Gasteiger partial charge is 0.147 e.